The molecule has 0 radical (unpaired) electrons. The van der Waals surface area contributed by atoms with Crippen LogP contribution in [0, 0.1) is 12.3 Å². The second-order valence-corrected chi connectivity index (χ2v) is 6.12. The molecule has 0 aromatic carbocycles. The summed E-state index contributed by atoms with van der Waals surface area (Å²) in [6.07, 6.45) is 7.51. The van der Waals surface area contributed by atoms with Gasteiger partial charge in [0.15, 0.2) is 0 Å². The average molecular weight is 321 g/mol. The fourth-order valence-electron chi connectivity index (χ4n) is 2.51. The molecule has 1 amide bonds. The highest BCUT2D eigenvalue weighted by Crippen LogP contribution is 2.36. The van der Waals surface area contributed by atoms with Crippen molar-refractivity contribution in [3.8, 4) is 12.3 Å². The molecule has 2 atom stereocenters. The summed E-state index contributed by atoms with van der Waals surface area (Å²) < 4.78 is 26.6. The highest BCUT2D eigenvalue weighted by Gasteiger charge is 2.39. The van der Waals surface area contributed by atoms with E-state index in [4.69, 9.17) is 6.42 Å². The first-order valence-corrected chi connectivity index (χ1v) is 7.68. The molecule has 1 aromatic rings. The van der Waals surface area contributed by atoms with E-state index >= 15 is 0 Å². The standard InChI is InChI=1S/C17H21F2N3O/c1-4-16(3,5-2)22-15(23)13-7-6-10-20-14(13)21-12-8-9-17(18,19)11-12/h1,6-7,10,12H,5,8-9,11H2,2-3H3,(H,20,21)(H,22,23). The topological polar surface area (TPSA) is 54.0 Å². The van der Waals surface area contributed by atoms with Crippen LogP contribution in [0.4, 0.5) is 14.6 Å². The summed E-state index contributed by atoms with van der Waals surface area (Å²) in [4.78, 5) is 16.6. The van der Waals surface area contributed by atoms with Gasteiger partial charge in [-0.15, -0.1) is 6.42 Å². The second-order valence-electron chi connectivity index (χ2n) is 6.12. The molecule has 4 nitrogen and oxygen atoms in total. The van der Waals surface area contributed by atoms with Gasteiger partial charge in [0.2, 0.25) is 5.92 Å². The maximum atomic E-state index is 13.3. The Hall–Kier alpha value is -2.16. The van der Waals surface area contributed by atoms with E-state index in [2.05, 4.69) is 21.5 Å². The van der Waals surface area contributed by atoms with Crippen LogP contribution in [0.25, 0.3) is 0 Å². The highest BCUT2D eigenvalue weighted by molar-refractivity contribution is 5.99. The van der Waals surface area contributed by atoms with E-state index in [1.807, 2.05) is 6.92 Å². The van der Waals surface area contributed by atoms with E-state index in [1.165, 1.54) is 6.20 Å². The van der Waals surface area contributed by atoms with Crippen LogP contribution in [0.1, 0.15) is 49.9 Å². The quantitative estimate of drug-likeness (QED) is 0.819. The summed E-state index contributed by atoms with van der Waals surface area (Å²) in [6, 6.07) is 2.84. The molecule has 2 rings (SSSR count). The van der Waals surface area contributed by atoms with Gasteiger partial charge in [0.1, 0.15) is 5.82 Å². The van der Waals surface area contributed by atoms with Crippen LogP contribution in [0.5, 0.6) is 0 Å². The minimum Gasteiger partial charge on any atom is -0.366 e. The average Bonchev–Trinajstić information content (AvgIpc) is 2.86. The minimum absolute atomic E-state index is 0.149. The summed E-state index contributed by atoms with van der Waals surface area (Å²) >= 11 is 0. The molecule has 0 spiro atoms. The molecule has 23 heavy (non-hydrogen) atoms. The Morgan fingerprint density at radius 2 is 2.35 bits per heavy atom. The van der Waals surface area contributed by atoms with E-state index in [9.17, 15) is 13.6 Å². The Labute approximate surface area is 135 Å². The molecule has 2 unspecified atom stereocenters. The first kappa shape index (κ1) is 17.2. The van der Waals surface area contributed by atoms with Gasteiger partial charge in [-0.2, -0.15) is 0 Å². The smallest absolute Gasteiger partial charge is 0.256 e. The number of anilines is 1. The molecule has 0 saturated heterocycles. The van der Waals surface area contributed by atoms with Gasteiger partial charge >= 0.3 is 0 Å². The van der Waals surface area contributed by atoms with Crippen LogP contribution < -0.4 is 10.6 Å². The molecule has 2 N–H and O–H groups in total. The maximum absolute atomic E-state index is 13.3. The molecular formula is C17H21F2N3O. The van der Waals surface area contributed by atoms with Gasteiger partial charge in [-0.3, -0.25) is 4.79 Å². The van der Waals surface area contributed by atoms with E-state index in [1.54, 1.807) is 19.1 Å². The molecule has 1 aliphatic rings. The lowest BCUT2D eigenvalue weighted by atomic mass is 9.99. The predicted molar refractivity (Wildman–Crippen MR) is 85.4 cm³/mol. The SMILES string of the molecule is C#CC(C)(CC)NC(=O)c1cccnc1NC1CCC(F)(F)C1. The van der Waals surface area contributed by atoms with Crippen molar-refractivity contribution in [1.82, 2.24) is 10.3 Å². The van der Waals surface area contributed by atoms with Crippen molar-refractivity contribution in [3.63, 3.8) is 0 Å². The van der Waals surface area contributed by atoms with E-state index in [0.717, 1.165) is 0 Å². The third kappa shape index (κ3) is 4.19. The number of pyridine rings is 1. The number of hydrogen-bond acceptors (Lipinski definition) is 3. The van der Waals surface area contributed by atoms with Crippen molar-refractivity contribution in [2.24, 2.45) is 0 Å². The van der Waals surface area contributed by atoms with Crippen LogP contribution in [-0.2, 0) is 0 Å². The molecule has 1 heterocycles. The van der Waals surface area contributed by atoms with E-state index in [-0.39, 0.29) is 18.7 Å². The lowest BCUT2D eigenvalue weighted by molar-refractivity contribution is 0.00851. The van der Waals surface area contributed by atoms with Crippen molar-refractivity contribution in [3.05, 3.63) is 23.9 Å². The summed E-state index contributed by atoms with van der Waals surface area (Å²) in [5, 5.41) is 5.75. The van der Waals surface area contributed by atoms with Gasteiger partial charge in [0, 0.05) is 25.1 Å². The first-order chi connectivity index (χ1) is 10.8. The monoisotopic (exact) mass is 321 g/mol. The molecular weight excluding hydrogens is 300 g/mol. The largest absolute Gasteiger partial charge is 0.366 e. The molecule has 1 saturated carbocycles. The predicted octanol–water partition coefficient (Wildman–Crippen LogP) is 3.21. The zero-order valence-corrected chi connectivity index (χ0v) is 13.3. The maximum Gasteiger partial charge on any atom is 0.256 e. The molecule has 1 aliphatic carbocycles. The molecule has 1 aromatic heterocycles. The Kier molecular flexibility index (Phi) is 4.88. The number of alkyl halides is 2. The van der Waals surface area contributed by atoms with Crippen molar-refractivity contribution in [2.45, 2.75) is 57.0 Å². The van der Waals surface area contributed by atoms with Gasteiger partial charge in [-0.25, -0.2) is 13.8 Å². The number of carbonyl (C=O) groups is 1. The van der Waals surface area contributed by atoms with Crippen molar-refractivity contribution in [1.29, 1.82) is 0 Å². The van der Waals surface area contributed by atoms with Gasteiger partial charge in [0.05, 0.1) is 11.1 Å². The number of amides is 1. The third-order valence-corrected chi connectivity index (χ3v) is 4.21. The summed E-state index contributed by atoms with van der Waals surface area (Å²) in [5.74, 6) is -0.153. The summed E-state index contributed by atoms with van der Waals surface area (Å²) in [6.45, 7) is 3.63. The van der Waals surface area contributed by atoms with E-state index < -0.39 is 17.5 Å². The van der Waals surface area contributed by atoms with Crippen molar-refractivity contribution < 1.29 is 13.6 Å². The zero-order chi connectivity index (χ0) is 17.1. The molecule has 1 fully saturated rings. The number of aromatic nitrogens is 1. The van der Waals surface area contributed by atoms with Crippen LogP contribution >= 0.6 is 0 Å². The summed E-state index contributed by atoms with van der Waals surface area (Å²) in [7, 11) is 0. The summed E-state index contributed by atoms with van der Waals surface area (Å²) in [5.41, 5.74) is -0.456. The fraction of sp³-hybridized carbons (Fsp3) is 0.529. The molecule has 0 bridgehead atoms. The number of terminal acetylenes is 1. The number of hydrogen-bond donors (Lipinski definition) is 2. The Bertz CT molecular complexity index is 627. The number of nitrogens with zero attached hydrogens (tertiary/aromatic N) is 1. The van der Waals surface area contributed by atoms with Crippen LogP contribution in [-0.4, -0.2) is 28.4 Å². The van der Waals surface area contributed by atoms with Crippen molar-refractivity contribution >= 4 is 11.7 Å². The van der Waals surface area contributed by atoms with Gasteiger partial charge < -0.3 is 10.6 Å². The van der Waals surface area contributed by atoms with Crippen molar-refractivity contribution in [2.75, 3.05) is 5.32 Å². The fourth-order valence-corrected chi connectivity index (χ4v) is 2.51. The first-order valence-electron chi connectivity index (χ1n) is 7.68. The lowest BCUT2D eigenvalue weighted by Gasteiger charge is -2.24. The van der Waals surface area contributed by atoms with Gasteiger partial charge in [-0.05, 0) is 31.9 Å². The van der Waals surface area contributed by atoms with Gasteiger partial charge in [-0.1, -0.05) is 12.8 Å². The molecule has 0 aliphatic heterocycles. The number of carbonyl (C=O) groups excluding carboxylic acids is 1. The molecule has 6 heteroatoms. The highest BCUT2D eigenvalue weighted by atomic mass is 19.3. The van der Waals surface area contributed by atoms with Crippen LogP contribution in [0.3, 0.4) is 0 Å². The Morgan fingerprint density at radius 3 is 2.91 bits per heavy atom. The number of halogens is 2. The minimum atomic E-state index is -2.65. The normalized spacial score (nSPS) is 22.0. The van der Waals surface area contributed by atoms with Crippen LogP contribution in [0.2, 0.25) is 0 Å². The van der Waals surface area contributed by atoms with Gasteiger partial charge in [0.25, 0.3) is 5.91 Å². The van der Waals surface area contributed by atoms with Crippen LogP contribution in [0.15, 0.2) is 18.3 Å². The third-order valence-electron chi connectivity index (χ3n) is 4.21. The Balaban J connectivity index is 2.15. The lowest BCUT2D eigenvalue weighted by Crippen LogP contribution is -2.44. The number of nitrogens with one attached hydrogen (secondary N) is 2. The zero-order valence-electron chi connectivity index (χ0n) is 13.3. The second kappa shape index (κ2) is 6.53. The number of rotatable bonds is 5. The Morgan fingerprint density at radius 1 is 1.61 bits per heavy atom. The molecule has 124 valence electrons. The van der Waals surface area contributed by atoms with E-state index in [0.29, 0.717) is 24.2 Å².